The number of ether oxygens (including phenoxy) is 1. The molecule has 1 aliphatic heterocycles. The molecule has 1 fully saturated rings. The van der Waals surface area contributed by atoms with Gasteiger partial charge in [-0.2, -0.15) is 0 Å². The maximum Gasteiger partial charge on any atom is 0.319 e. The number of rotatable bonds is 2. The Bertz CT molecular complexity index is 456. The molecule has 3 N–H and O–H groups in total. The van der Waals surface area contributed by atoms with Crippen molar-refractivity contribution in [1.29, 1.82) is 0 Å². The standard InChI is InChI=1S/C12H15N3O3/c13-12(17)14-11(16)9-3-1-2-4-10(9)15-5-7-18-8-6-15/h1-4H,5-8H2,(H3,13,14,16,17). The van der Waals surface area contributed by atoms with Gasteiger partial charge in [0.1, 0.15) is 0 Å². The van der Waals surface area contributed by atoms with Crippen LogP contribution in [0.5, 0.6) is 0 Å². The number of carbonyl (C=O) groups is 2. The van der Waals surface area contributed by atoms with Crippen molar-refractivity contribution in [2.45, 2.75) is 0 Å². The van der Waals surface area contributed by atoms with E-state index in [0.717, 1.165) is 18.8 Å². The lowest BCUT2D eigenvalue weighted by molar-refractivity contribution is 0.0964. The van der Waals surface area contributed by atoms with E-state index in [4.69, 9.17) is 10.5 Å². The van der Waals surface area contributed by atoms with Gasteiger partial charge < -0.3 is 15.4 Å². The average Bonchev–Trinajstić information content (AvgIpc) is 2.39. The van der Waals surface area contributed by atoms with Crippen LogP contribution in [0, 0.1) is 0 Å². The first-order valence-corrected chi connectivity index (χ1v) is 5.71. The first kappa shape index (κ1) is 12.4. The van der Waals surface area contributed by atoms with Crippen molar-refractivity contribution in [3.05, 3.63) is 29.8 Å². The summed E-state index contributed by atoms with van der Waals surface area (Å²) in [4.78, 5) is 24.6. The number of hydrogen-bond donors (Lipinski definition) is 2. The molecule has 0 aromatic heterocycles. The molecule has 96 valence electrons. The number of carbonyl (C=O) groups excluding carboxylic acids is 2. The fourth-order valence-electron chi connectivity index (χ4n) is 1.92. The second kappa shape index (κ2) is 5.50. The summed E-state index contributed by atoms with van der Waals surface area (Å²) in [6.07, 6.45) is 0. The molecule has 0 aliphatic carbocycles. The van der Waals surface area contributed by atoms with Crippen LogP contribution in [0.2, 0.25) is 0 Å². The van der Waals surface area contributed by atoms with Crippen LogP contribution in [-0.2, 0) is 4.74 Å². The third-order valence-corrected chi connectivity index (χ3v) is 2.74. The Kier molecular flexibility index (Phi) is 3.78. The molecule has 1 heterocycles. The van der Waals surface area contributed by atoms with Crippen LogP contribution in [0.15, 0.2) is 24.3 Å². The fourth-order valence-corrected chi connectivity index (χ4v) is 1.92. The Labute approximate surface area is 105 Å². The molecule has 1 saturated heterocycles. The van der Waals surface area contributed by atoms with Crippen LogP contribution in [0.4, 0.5) is 10.5 Å². The largest absolute Gasteiger partial charge is 0.378 e. The van der Waals surface area contributed by atoms with E-state index in [1.165, 1.54) is 0 Å². The van der Waals surface area contributed by atoms with Crippen molar-refractivity contribution in [1.82, 2.24) is 5.32 Å². The molecule has 2 rings (SSSR count). The lowest BCUT2D eigenvalue weighted by atomic mass is 10.1. The molecule has 6 heteroatoms. The number of para-hydroxylation sites is 1. The summed E-state index contributed by atoms with van der Waals surface area (Å²) in [7, 11) is 0. The molecular weight excluding hydrogens is 234 g/mol. The fraction of sp³-hybridized carbons (Fsp3) is 0.333. The number of urea groups is 1. The molecule has 3 amide bonds. The summed E-state index contributed by atoms with van der Waals surface area (Å²) in [5.41, 5.74) is 6.19. The molecule has 0 atom stereocenters. The number of primary amides is 1. The monoisotopic (exact) mass is 249 g/mol. The van der Waals surface area contributed by atoms with Crippen LogP contribution < -0.4 is 16.0 Å². The van der Waals surface area contributed by atoms with Gasteiger partial charge in [-0.1, -0.05) is 12.1 Å². The van der Waals surface area contributed by atoms with Crippen LogP contribution >= 0.6 is 0 Å². The molecule has 0 saturated carbocycles. The number of nitrogens with two attached hydrogens (primary N) is 1. The normalized spacial score (nSPS) is 15.2. The zero-order chi connectivity index (χ0) is 13.0. The molecule has 1 aromatic carbocycles. The molecule has 0 radical (unpaired) electrons. The number of imide groups is 1. The van der Waals surface area contributed by atoms with E-state index < -0.39 is 11.9 Å². The Balaban J connectivity index is 2.24. The van der Waals surface area contributed by atoms with Crippen LogP contribution in [-0.4, -0.2) is 38.2 Å². The van der Waals surface area contributed by atoms with Crippen LogP contribution in [0.25, 0.3) is 0 Å². The predicted molar refractivity (Wildman–Crippen MR) is 66.5 cm³/mol. The van der Waals surface area contributed by atoms with Crippen molar-refractivity contribution >= 4 is 17.6 Å². The van der Waals surface area contributed by atoms with Gasteiger partial charge in [0, 0.05) is 18.8 Å². The number of benzene rings is 1. The lowest BCUT2D eigenvalue weighted by Gasteiger charge is -2.30. The number of amides is 3. The Morgan fingerprint density at radius 3 is 2.56 bits per heavy atom. The van der Waals surface area contributed by atoms with E-state index in [-0.39, 0.29) is 0 Å². The molecule has 1 aromatic rings. The Morgan fingerprint density at radius 2 is 1.89 bits per heavy atom. The van der Waals surface area contributed by atoms with Crippen LogP contribution in [0.1, 0.15) is 10.4 Å². The summed E-state index contributed by atoms with van der Waals surface area (Å²) < 4.78 is 5.27. The van der Waals surface area contributed by atoms with E-state index in [2.05, 4.69) is 10.2 Å². The number of morpholine rings is 1. The van der Waals surface area contributed by atoms with Gasteiger partial charge in [0.05, 0.1) is 18.8 Å². The summed E-state index contributed by atoms with van der Waals surface area (Å²) in [5.74, 6) is -0.482. The molecule has 6 nitrogen and oxygen atoms in total. The first-order chi connectivity index (χ1) is 8.68. The highest BCUT2D eigenvalue weighted by Gasteiger charge is 2.18. The summed E-state index contributed by atoms with van der Waals surface area (Å²) in [6.45, 7) is 2.71. The Morgan fingerprint density at radius 1 is 1.22 bits per heavy atom. The topological polar surface area (TPSA) is 84.7 Å². The minimum Gasteiger partial charge on any atom is -0.378 e. The van der Waals surface area contributed by atoms with E-state index >= 15 is 0 Å². The van der Waals surface area contributed by atoms with Gasteiger partial charge in [-0.25, -0.2) is 4.79 Å². The zero-order valence-corrected chi connectivity index (χ0v) is 9.89. The Hall–Kier alpha value is -2.08. The maximum atomic E-state index is 11.8. The minimum absolute atomic E-state index is 0.443. The highest BCUT2D eigenvalue weighted by Crippen LogP contribution is 2.21. The molecule has 0 unspecified atom stereocenters. The zero-order valence-electron chi connectivity index (χ0n) is 9.89. The van der Waals surface area contributed by atoms with E-state index in [0.29, 0.717) is 18.8 Å². The van der Waals surface area contributed by atoms with Gasteiger partial charge in [-0.05, 0) is 12.1 Å². The smallest absolute Gasteiger partial charge is 0.319 e. The van der Waals surface area contributed by atoms with Gasteiger partial charge in [0.2, 0.25) is 0 Å². The second-order valence-electron chi connectivity index (χ2n) is 3.93. The maximum absolute atomic E-state index is 11.8. The van der Waals surface area contributed by atoms with Gasteiger partial charge in [-0.15, -0.1) is 0 Å². The first-order valence-electron chi connectivity index (χ1n) is 5.71. The summed E-state index contributed by atoms with van der Waals surface area (Å²) in [5, 5.41) is 2.08. The van der Waals surface area contributed by atoms with E-state index in [1.54, 1.807) is 12.1 Å². The summed E-state index contributed by atoms with van der Waals surface area (Å²) >= 11 is 0. The predicted octanol–water partition coefficient (Wildman–Crippen LogP) is 0.332. The van der Waals surface area contributed by atoms with Gasteiger partial charge in [-0.3, -0.25) is 10.1 Å². The lowest BCUT2D eigenvalue weighted by Crippen LogP contribution is -2.39. The average molecular weight is 249 g/mol. The number of anilines is 1. The van der Waals surface area contributed by atoms with Crippen LogP contribution in [0.3, 0.4) is 0 Å². The SMILES string of the molecule is NC(=O)NC(=O)c1ccccc1N1CCOCC1. The number of nitrogens with zero attached hydrogens (tertiary/aromatic N) is 1. The third-order valence-electron chi connectivity index (χ3n) is 2.74. The van der Waals surface area contributed by atoms with Crippen molar-refractivity contribution in [3.8, 4) is 0 Å². The van der Waals surface area contributed by atoms with Gasteiger partial charge in [0.15, 0.2) is 0 Å². The molecule has 0 bridgehead atoms. The second-order valence-corrected chi connectivity index (χ2v) is 3.93. The minimum atomic E-state index is -0.850. The molecule has 18 heavy (non-hydrogen) atoms. The number of hydrogen-bond acceptors (Lipinski definition) is 4. The quantitative estimate of drug-likeness (QED) is 0.791. The van der Waals surface area contributed by atoms with Gasteiger partial charge >= 0.3 is 6.03 Å². The molecule has 1 aliphatic rings. The van der Waals surface area contributed by atoms with E-state index in [1.807, 2.05) is 12.1 Å². The van der Waals surface area contributed by atoms with Crippen molar-refractivity contribution in [2.75, 3.05) is 31.2 Å². The van der Waals surface area contributed by atoms with Crippen molar-refractivity contribution < 1.29 is 14.3 Å². The third kappa shape index (κ3) is 2.78. The van der Waals surface area contributed by atoms with E-state index in [9.17, 15) is 9.59 Å². The number of nitrogens with one attached hydrogen (secondary N) is 1. The molecular formula is C12H15N3O3. The van der Waals surface area contributed by atoms with Crippen molar-refractivity contribution in [2.24, 2.45) is 5.73 Å². The van der Waals surface area contributed by atoms with Crippen molar-refractivity contribution in [3.63, 3.8) is 0 Å². The highest BCUT2D eigenvalue weighted by atomic mass is 16.5. The van der Waals surface area contributed by atoms with Gasteiger partial charge in [0.25, 0.3) is 5.91 Å². The molecule has 0 spiro atoms. The highest BCUT2D eigenvalue weighted by molar-refractivity contribution is 6.07. The summed E-state index contributed by atoms with van der Waals surface area (Å²) in [6, 6.07) is 6.27.